The van der Waals surface area contributed by atoms with Gasteiger partial charge in [0, 0.05) is 0 Å². The molecule has 70 valence electrons. The van der Waals surface area contributed by atoms with Crippen LogP contribution >= 0.6 is 0 Å². The van der Waals surface area contributed by atoms with Gasteiger partial charge in [0.05, 0.1) is 13.8 Å². The van der Waals surface area contributed by atoms with Crippen molar-refractivity contribution in [2.75, 3.05) is 0 Å². The van der Waals surface area contributed by atoms with Crippen LogP contribution in [0.1, 0.15) is 13.2 Å². The SMILES string of the molecule is [2H]c1ccc2[nH]c(=O)c(C(=O)O)nc2c1[2H]. The predicted octanol–water partition coefficient (Wildman–Crippen LogP) is 0.621. The van der Waals surface area contributed by atoms with Crippen LogP contribution in [0.3, 0.4) is 0 Å². The van der Waals surface area contributed by atoms with Gasteiger partial charge >= 0.3 is 5.97 Å². The molecule has 0 atom stereocenters. The number of aromatic nitrogens is 2. The van der Waals surface area contributed by atoms with Crippen LogP contribution in [0.25, 0.3) is 11.0 Å². The number of benzene rings is 1. The highest BCUT2D eigenvalue weighted by Crippen LogP contribution is 2.05. The molecule has 2 aromatic rings. The van der Waals surface area contributed by atoms with E-state index in [1.807, 2.05) is 0 Å². The Hall–Kier alpha value is -2.17. The summed E-state index contributed by atoms with van der Waals surface area (Å²) in [5.74, 6) is -1.46. The first kappa shape index (κ1) is 6.31. The molecule has 5 nitrogen and oxygen atoms in total. The van der Waals surface area contributed by atoms with Crippen LogP contribution in [0.5, 0.6) is 0 Å². The minimum Gasteiger partial charge on any atom is -0.476 e. The molecule has 0 saturated heterocycles. The lowest BCUT2D eigenvalue weighted by atomic mass is 10.3. The Balaban J connectivity index is 2.92. The molecule has 0 radical (unpaired) electrons. The maximum absolute atomic E-state index is 11.3. The quantitative estimate of drug-likeness (QED) is 0.693. The zero-order valence-corrected chi connectivity index (χ0v) is 6.87. The number of nitrogens with one attached hydrogen (secondary N) is 1. The highest BCUT2D eigenvalue weighted by molar-refractivity contribution is 5.87. The van der Waals surface area contributed by atoms with Gasteiger partial charge in [-0.1, -0.05) is 12.1 Å². The van der Waals surface area contributed by atoms with E-state index in [1.165, 1.54) is 12.1 Å². The number of H-pyrrole nitrogens is 1. The maximum Gasteiger partial charge on any atom is 0.360 e. The highest BCUT2D eigenvalue weighted by Gasteiger charge is 2.10. The summed E-state index contributed by atoms with van der Waals surface area (Å²) in [6.45, 7) is 0. The Labute approximate surface area is 80.8 Å². The third-order valence-corrected chi connectivity index (χ3v) is 1.67. The fourth-order valence-electron chi connectivity index (χ4n) is 1.06. The fraction of sp³-hybridized carbons (Fsp3) is 0. The van der Waals surface area contributed by atoms with E-state index in [0.717, 1.165) is 0 Å². The Morgan fingerprint density at radius 3 is 3.14 bits per heavy atom. The molecule has 0 aliphatic carbocycles. The van der Waals surface area contributed by atoms with Crippen molar-refractivity contribution in [3.63, 3.8) is 0 Å². The molecular formula is C9H6N2O3. The second-order valence-electron chi connectivity index (χ2n) is 2.58. The van der Waals surface area contributed by atoms with Crippen LogP contribution in [-0.2, 0) is 0 Å². The average molecular weight is 192 g/mol. The van der Waals surface area contributed by atoms with Crippen molar-refractivity contribution in [1.82, 2.24) is 9.97 Å². The number of nitrogens with zero attached hydrogens (tertiary/aromatic N) is 1. The Morgan fingerprint density at radius 2 is 2.43 bits per heavy atom. The summed E-state index contributed by atoms with van der Waals surface area (Å²) in [7, 11) is 0. The molecule has 0 saturated carbocycles. The van der Waals surface area contributed by atoms with Crippen molar-refractivity contribution in [1.29, 1.82) is 0 Å². The molecule has 1 aromatic heterocycles. The normalized spacial score (nSPS) is 12.3. The van der Waals surface area contributed by atoms with Crippen LogP contribution in [-0.4, -0.2) is 21.0 Å². The molecule has 0 aliphatic heterocycles. The third kappa shape index (κ3) is 1.24. The van der Waals surface area contributed by atoms with Crippen molar-refractivity contribution in [3.05, 3.63) is 40.3 Å². The van der Waals surface area contributed by atoms with Gasteiger partial charge in [-0.25, -0.2) is 9.78 Å². The number of aromatic amines is 1. The molecule has 2 N–H and O–H groups in total. The molecule has 0 spiro atoms. The van der Waals surface area contributed by atoms with Gasteiger partial charge in [-0.15, -0.1) is 0 Å². The van der Waals surface area contributed by atoms with E-state index < -0.39 is 17.2 Å². The third-order valence-electron chi connectivity index (χ3n) is 1.67. The van der Waals surface area contributed by atoms with Gasteiger partial charge in [0.25, 0.3) is 5.56 Å². The van der Waals surface area contributed by atoms with E-state index in [-0.39, 0.29) is 23.1 Å². The van der Waals surface area contributed by atoms with Gasteiger partial charge < -0.3 is 10.1 Å². The summed E-state index contributed by atoms with van der Waals surface area (Å²) in [5.41, 5.74) is -1.25. The summed E-state index contributed by atoms with van der Waals surface area (Å²) in [6.07, 6.45) is 0. The van der Waals surface area contributed by atoms with E-state index in [2.05, 4.69) is 9.97 Å². The lowest BCUT2D eigenvalue weighted by molar-refractivity contribution is 0.0689. The molecular weight excluding hydrogens is 184 g/mol. The number of carboxylic acids is 1. The number of hydrogen-bond donors (Lipinski definition) is 2. The number of para-hydroxylation sites is 2. The first-order valence-electron chi connectivity index (χ1n) is 4.74. The van der Waals surface area contributed by atoms with Crippen LogP contribution in [0.15, 0.2) is 29.0 Å². The minimum atomic E-state index is -1.46. The molecule has 0 unspecified atom stereocenters. The van der Waals surface area contributed by atoms with Crippen LogP contribution in [0, 0.1) is 0 Å². The first-order chi connectivity index (χ1) is 7.50. The van der Waals surface area contributed by atoms with Gasteiger partial charge in [-0.05, 0) is 12.1 Å². The average Bonchev–Trinajstić information content (AvgIpc) is 2.23. The van der Waals surface area contributed by atoms with Crippen molar-refractivity contribution in [2.24, 2.45) is 0 Å². The molecule has 0 aliphatic rings. The van der Waals surface area contributed by atoms with Crippen LogP contribution in [0.2, 0.25) is 0 Å². The summed E-state index contributed by atoms with van der Waals surface area (Å²) < 4.78 is 14.9. The number of hydrogen-bond acceptors (Lipinski definition) is 3. The van der Waals surface area contributed by atoms with E-state index in [4.69, 9.17) is 7.85 Å². The number of carboxylic acid groups (broad SMARTS) is 1. The summed E-state index contributed by atoms with van der Waals surface area (Å²) >= 11 is 0. The summed E-state index contributed by atoms with van der Waals surface area (Å²) in [4.78, 5) is 27.8. The van der Waals surface area contributed by atoms with Gasteiger partial charge in [0.15, 0.2) is 0 Å². The van der Waals surface area contributed by atoms with E-state index in [0.29, 0.717) is 0 Å². The van der Waals surface area contributed by atoms with E-state index in [9.17, 15) is 9.59 Å². The number of fused-ring (bicyclic) bond motifs is 1. The smallest absolute Gasteiger partial charge is 0.360 e. The standard InChI is InChI=1S/C9H6N2O3/c12-8-7(9(13)14)10-5-3-1-2-4-6(5)11-8/h1-4H,(H,11,12)(H,13,14)/i1D,3D. The lowest BCUT2D eigenvalue weighted by Gasteiger charge is -1.97. The zero-order chi connectivity index (χ0) is 11.9. The lowest BCUT2D eigenvalue weighted by Crippen LogP contribution is -2.19. The van der Waals surface area contributed by atoms with Crippen molar-refractivity contribution < 1.29 is 12.6 Å². The first-order valence-corrected chi connectivity index (χ1v) is 3.74. The molecule has 1 heterocycles. The fourth-order valence-corrected chi connectivity index (χ4v) is 1.06. The van der Waals surface area contributed by atoms with Crippen molar-refractivity contribution in [3.8, 4) is 0 Å². The largest absolute Gasteiger partial charge is 0.476 e. The van der Waals surface area contributed by atoms with Gasteiger partial charge in [-0.3, -0.25) is 4.79 Å². The summed E-state index contributed by atoms with van der Waals surface area (Å²) in [6, 6.07) is 2.46. The molecule has 0 bridgehead atoms. The second kappa shape index (κ2) is 2.95. The van der Waals surface area contributed by atoms with Crippen LogP contribution in [0.4, 0.5) is 0 Å². The van der Waals surface area contributed by atoms with E-state index >= 15 is 0 Å². The number of carbonyl (C=O) groups is 1. The molecule has 1 aromatic carbocycles. The zero-order valence-electron chi connectivity index (χ0n) is 8.87. The monoisotopic (exact) mass is 192 g/mol. The Bertz CT molecular complexity index is 651. The molecule has 0 amide bonds. The Morgan fingerprint density at radius 1 is 1.64 bits per heavy atom. The number of aromatic carboxylic acids is 1. The second-order valence-corrected chi connectivity index (χ2v) is 2.58. The summed E-state index contributed by atoms with van der Waals surface area (Å²) in [5, 5.41) is 8.69. The van der Waals surface area contributed by atoms with E-state index in [1.54, 1.807) is 0 Å². The van der Waals surface area contributed by atoms with Crippen LogP contribution < -0.4 is 5.56 Å². The van der Waals surface area contributed by atoms with Crippen molar-refractivity contribution in [2.45, 2.75) is 0 Å². The van der Waals surface area contributed by atoms with Gasteiger partial charge in [0.2, 0.25) is 5.69 Å². The van der Waals surface area contributed by atoms with Gasteiger partial charge in [0.1, 0.15) is 0 Å². The molecule has 14 heavy (non-hydrogen) atoms. The molecule has 5 heteroatoms. The maximum atomic E-state index is 11.3. The molecule has 0 fully saturated rings. The number of rotatable bonds is 1. The predicted molar refractivity (Wildman–Crippen MR) is 49.3 cm³/mol. The van der Waals surface area contributed by atoms with Crippen molar-refractivity contribution >= 4 is 17.0 Å². The highest BCUT2D eigenvalue weighted by atomic mass is 16.4. The minimum absolute atomic E-state index is 0.00417. The Kier molecular flexibility index (Phi) is 1.33. The molecule has 2 rings (SSSR count). The topological polar surface area (TPSA) is 83.0 Å². The van der Waals surface area contributed by atoms with Gasteiger partial charge in [-0.2, -0.15) is 0 Å².